The summed E-state index contributed by atoms with van der Waals surface area (Å²) >= 11 is 5.61. The molecular weight excluding hydrogens is 208 g/mol. The SMILES string of the molecule is C=C=CS(=O)(=O)c1ccc(Cl)cc1. The highest BCUT2D eigenvalue weighted by molar-refractivity contribution is 7.94. The Morgan fingerprint density at radius 3 is 2.31 bits per heavy atom. The van der Waals surface area contributed by atoms with E-state index in [-0.39, 0.29) is 4.90 Å². The fraction of sp³-hybridized carbons (Fsp3) is 0. The molecule has 68 valence electrons. The minimum atomic E-state index is -3.38. The third-order valence-corrected chi connectivity index (χ3v) is 3.04. The molecule has 1 aromatic carbocycles. The molecule has 1 rings (SSSR count). The predicted molar refractivity (Wildman–Crippen MR) is 52.3 cm³/mol. The number of sulfone groups is 1. The molecule has 0 bridgehead atoms. The summed E-state index contributed by atoms with van der Waals surface area (Å²) in [7, 11) is -3.38. The van der Waals surface area contributed by atoms with E-state index >= 15 is 0 Å². The molecule has 4 heteroatoms. The maximum atomic E-state index is 11.3. The van der Waals surface area contributed by atoms with Crippen LogP contribution in [0.25, 0.3) is 0 Å². The van der Waals surface area contributed by atoms with Gasteiger partial charge < -0.3 is 0 Å². The molecule has 0 aliphatic heterocycles. The van der Waals surface area contributed by atoms with Gasteiger partial charge in [0.05, 0.1) is 10.3 Å². The molecular formula is C9H7ClO2S. The molecule has 0 saturated carbocycles. The molecule has 0 aliphatic rings. The molecule has 0 radical (unpaired) electrons. The van der Waals surface area contributed by atoms with Crippen LogP contribution in [0, 0.1) is 0 Å². The van der Waals surface area contributed by atoms with Gasteiger partial charge in [0.25, 0.3) is 0 Å². The average molecular weight is 215 g/mol. The third kappa shape index (κ3) is 2.46. The minimum absolute atomic E-state index is 0.188. The quantitative estimate of drug-likeness (QED) is 0.709. The van der Waals surface area contributed by atoms with Crippen molar-refractivity contribution in [2.24, 2.45) is 0 Å². The highest BCUT2D eigenvalue weighted by Gasteiger charge is 2.08. The largest absolute Gasteiger partial charge is 0.218 e. The van der Waals surface area contributed by atoms with Gasteiger partial charge in [0, 0.05) is 5.02 Å². The molecule has 0 fully saturated rings. The van der Waals surface area contributed by atoms with Crippen LogP contribution in [0.2, 0.25) is 5.02 Å². The fourth-order valence-corrected chi connectivity index (χ4v) is 1.80. The van der Waals surface area contributed by atoms with Crippen molar-refractivity contribution in [1.82, 2.24) is 0 Å². The zero-order valence-corrected chi connectivity index (χ0v) is 8.27. The van der Waals surface area contributed by atoms with Crippen LogP contribution in [-0.4, -0.2) is 8.42 Å². The second-order valence-corrected chi connectivity index (χ2v) is 4.55. The van der Waals surface area contributed by atoms with E-state index in [0.29, 0.717) is 5.02 Å². The van der Waals surface area contributed by atoms with Crippen molar-refractivity contribution < 1.29 is 8.42 Å². The number of halogens is 1. The van der Waals surface area contributed by atoms with Crippen molar-refractivity contribution in [2.75, 3.05) is 0 Å². The molecule has 2 nitrogen and oxygen atoms in total. The van der Waals surface area contributed by atoms with Crippen molar-refractivity contribution in [3.05, 3.63) is 47.0 Å². The Bertz CT molecular complexity index is 439. The number of hydrogen-bond donors (Lipinski definition) is 0. The summed E-state index contributed by atoms with van der Waals surface area (Å²) in [5.41, 5.74) is 2.23. The highest BCUT2D eigenvalue weighted by atomic mass is 35.5. The van der Waals surface area contributed by atoms with Gasteiger partial charge in [0.2, 0.25) is 9.84 Å². The normalized spacial score (nSPS) is 10.5. The maximum Gasteiger partial charge on any atom is 0.207 e. The van der Waals surface area contributed by atoms with Gasteiger partial charge in [0.1, 0.15) is 0 Å². The highest BCUT2D eigenvalue weighted by Crippen LogP contribution is 2.15. The van der Waals surface area contributed by atoms with Gasteiger partial charge in [-0.05, 0) is 24.3 Å². The second-order valence-electron chi connectivity index (χ2n) is 2.32. The second kappa shape index (κ2) is 3.79. The van der Waals surface area contributed by atoms with Crippen molar-refractivity contribution in [1.29, 1.82) is 0 Å². The Kier molecular flexibility index (Phi) is 2.94. The van der Waals surface area contributed by atoms with Crippen LogP contribution < -0.4 is 0 Å². The first-order valence-electron chi connectivity index (χ1n) is 3.43. The lowest BCUT2D eigenvalue weighted by atomic mass is 10.4. The first-order valence-corrected chi connectivity index (χ1v) is 5.35. The van der Waals surface area contributed by atoms with Gasteiger partial charge in [0.15, 0.2) is 0 Å². The van der Waals surface area contributed by atoms with Crippen LogP contribution in [-0.2, 0) is 9.84 Å². The van der Waals surface area contributed by atoms with Gasteiger partial charge >= 0.3 is 0 Å². The summed E-state index contributed by atoms with van der Waals surface area (Å²) in [5.74, 6) is 0. The smallest absolute Gasteiger partial charge is 0.207 e. The first-order chi connectivity index (χ1) is 6.06. The Morgan fingerprint density at radius 1 is 1.31 bits per heavy atom. The molecule has 0 saturated heterocycles. The van der Waals surface area contributed by atoms with Gasteiger partial charge in [-0.25, -0.2) is 8.42 Å². The van der Waals surface area contributed by atoms with E-state index in [1.165, 1.54) is 24.3 Å². The number of rotatable bonds is 2. The lowest BCUT2D eigenvalue weighted by Gasteiger charge is -1.96. The van der Waals surface area contributed by atoms with Crippen LogP contribution >= 0.6 is 11.6 Å². The zero-order valence-electron chi connectivity index (χ0n) is 6.70. The van der Waals surface area contributed by atoms with Crippen molar-refractivity contribution >= 4 is 21.4 Å². The summed E-state index contributed by atoms with van der Waals surface area (Å²) in [5, 5.41) is 1.43. The zero-order chi connectivity index (χ0) is 9.90. The molecule has 0 aliphatic carbocycles. The van der Waals surface area contributed by atoms with Gasteiger partial charge in [-0.15, -0.1) is 5.73 Å². The molecule has 0 atom stereocenters. The molecule has 0 aromatic heterocycles. The van der Waals surface area contributed by atoms with Crippen molar-refractivity contribution in [3.63, 3.8) is 0 Å². The Morgan fingerprint density at radius 2 is 1.85 bits per heavy atom. The lowest BCUT2D eigenvalue weighted by Crippen LogP contribution is -1.94. The van der Waals surface area contributed by atoms with Crippen LogP contribution in [0.4, 0.5) is 0 Å². The topological polar surface area (TPSA) is 34.1 Å². The van der Waals surface area contributed by atoms with Crippen LogP contribution in [0.5, 0.6) is 0 Å². The summed E-state index contributed by atoms with van der Waals surface area (Å²) in [6.07, 6.45) is 0. The van der Waals surface area contributed by atoms with Gasteiger partial charge in [-0.1, -0.05) is 18.2 Å². The summed E-state index contributed by atoms with van der Waals surface area (Å²) in [4.78, 5) is 0.188. The van der Waals surface area contributed by atoms with E-state index in [0.717, 1.165) is 5.41 Å². The molecule has 13 heavy (non-hydrogen) atoms. The fourth-order valence-electron chi connectivity index (χ4n) is 0.802. The molecule has 0 heterocycles. The van der Waals surface area contributed by atoms with E-state index in [1.807, 2.05) is 0 Å². The predicted octanol–water partition coefficient (Wildman–Crippen LogP) is 2.41. The Labute approximate surface area is 82.1 Å². The summed E-state index contributed by atoms with van der Waals surface area (Å²) < 4.78 is 22.7. The van der Waals surface area contributed by atoms with E-state index in [9.17, 15) is 8.42 Å². The molecule has 1 aromatic rings. The maximum absolute atomic E-state index is 11.3. The van der Waals surface area contributed by atoms with Gasteiger partial charge in [-0.3, -0.25) is 0 Å². The van der Waals surface area contributed by atoms with Crippen LogP contribution in [0.3, 0.4) is 0 Å². The standard InChI is InChI=1S/C9H7ClO2S/c1-2-7-13(11,12)9-5-3-8(10)4-6-9/h3-7H,1H2. The van der Waals surface area contributed by atoms with E-state index in [1.54, 1.807) is 0 Å². The van der Waals surface area contributed by atoms with E-state index < -0.39 is 9.84 Å². The van der Waals surface area contributed by atoms with Crippen LogP contribution in [0.1, 0.15) is 0 Å². The monoisotopic (exact) mass is 214 g/mol. The van der Waals surface area contributed by atoms with Gasteiger partial charge in [-0.2, -0.15) is 0 Å². The third-order valence-electron chi connectivity index (χ3n) is 1.38. The minimum Gasteiger partial charge on any atom is -0.218 e. The van der Waals surface area contributed by atoms with Crippen molar-refractivity contribution in [2.45, 2.75) is 4.90 Å². The average Bonchev–Trinajstić information content (AvgIpc) is 2.05. The Hall–Kier alpha value is -1.02. The molecule has 0 unspecified atom stereocenters. The lowest BCUT2D eigenvalue weighted by molar-refractivity contribution is 0.604. The van der Waals surface area contributed by atoms with Crippen molar-refractivity contribution in [3.8, 4) is 0 Å². The first kappa shape index (κ1) is 10.1. The van der Waals surface area contributed by atoms with E-state index in [2.05, 4.69) is 12.3 Å². The summed E-state index contributed by atoms with van der Waals surface area (Å²) in [6, 6.07) is 5.91. The molecule has 0 spiro atoms. The summed E-state index contributed by atoms with van der Waals surface area (Å²) in [6.45, 7) is 3.20. The van der Waals surface area contributed by atoms with E-state index in [4.69, 9.17) is 11.6 Å². The van der Waals surface area contributed by atoms with Crippen LogP contribution in [0.15, 0.2) is 46.9 Å². The number of hydrogen-bond acceptors (Lipinski definition) is 2. The molecule has 0 N–H and O–H groups in total. The molecule has 0 amide bonds. The Balaban J connectivity index is 3.24. The number of benzene rings is 1.